The summed E-state index contributed by atoms with van der Waals surface area (Å²) in [6.45, 7) is 2.47. The fraction of sp³-hybridized carbons (Fsp3) is 0.357. The molecule has 0 amide bonds. The Morgan fingerprint density at radius 1 is 1.26 bits per heavy atom. The van der Waals surface area contributed by atoms with Gasteiger partial charge in [0.15, 0.2) is 0 Å². The van der Waals surface area contributed by atoms with E-state index in [-0.39, 0.29) is 5.75 Å². The highest BCUT2D eigenvalue weighted by Gasteiger charge is 2.06. The fourth-order valence-electron chi connectivity index (χ4n) is 1.93. The maximum Gasteiger partial charge on any atom is 0.149 e. The van der Waals surface area contributed by atoms with E-state index in [1.807, 2.05) is 30.3 Å². The van der Waals surface area contributed by atoms with E-state index in [0.29, 0.717) is 6.54 Å². The van der Waals surface area contributed by atoms with Crippen LogP contribution in [0.15, 0.2) is 30.3 Å². The predicted octanol–water partition coefficient (Wildman–Crippen LogP) is 2.25. The minimum Gasteiger partial charge on any atom is -0.383 e. The quantitative estimate of drug-likeness (QED) is 0.911. The van der Waals surface area contributed by atoms with E-state index in [0.717, 1.165) is 28.7 Å². The SMILES string of the molecule is CCc1cc(NCCS(C)(=O)=O)c2ccccc2n1. The van der Waals surface area contributed by atoms with Crippen molar-refractivity contribution in [2.75, 3.05) is 23.9 Å². The average Bonchev–Trinajstić information content (AvgIpc) is 2.37. The number of aromatic nitrogens is 1. The number of sulfone groups is 1. The van der Waals surface area contributed by atoms with Crippen LogP contribution in [0.5, 0.6) is 0 Å². The Bertz CT molecular complexity index is 681. The third-order valence-corrected chi connectivity index (χ3v) is 3.87. The van der Waals surface area contributed by atoms with Crippen molar-refractivity contribution in [3.05, 3.63) is 36.0 Å². The van der Waals surface area contributed by atoms with Crippen LogP contribution < -0.4 is 5.32 Å². The normalized spacial score (nSPS) is 11.7. The molecule has 1 aromatic carbocycles. The number of hydrogen-bond acceptors (Lipinski definition) is 4. The molecule has 2 aromatic rings. The van der Waals surface area contributed by atoms with E-state index in [1.165, 1.54) is 6.26 Å². The lowest BCUT2D eigenvalue weighted by atomic mass is 10.1. The van der Waals surface area contributed by atoms with Crippen molar-refractivity contribution in [3.8, 4) is 0 Å². The van der Waals surface area contributed by atoms with Crippen molar-refractivity contribution >= 4 is 26.4 Å². The number of fused-ring (bicyclic) bond motifs is 1. The molecule has 0 fully saturated rings. The molecule has 2 rings (SSSR count). The van der Waals surface area contributed by atoms with Crippen LogP contribution in [-0.4, -0.2) is 32.0 Å². The molecular weight excluding hydrogens is 260 g/mol. The average molecular weight is 278 g/mol. The molecule has 0 saturated heterocycles. The Morgan fingerprint density at radius 3 is 2.68 bits per heavy atom. The first kappa shape index (κ1) is 13.8. The molecule has 0 spiro atoms. The number of para-hydroxylation sites is 1. The van der Waals surface area contributed by atoms with Crippen molar-refractivity contribution < 1.29 is 8.42 Å². The monoisotopic (exact) mass is 278 g/mol. The molecule has 102 valence electrons. The van der Waals surface area contributed by atoms with E-state index < -0.39 is 9.84 Å². The zero-order valence-corrected chi connectivity index (χ0v) is 12.0. The highest BCUT2D eigenvalue weighted by atomic mass is 32.2. The van der Waals surface area contributed by atoms with Gasteiger partial charge in [0.05, 0.1) is 11.3 Å². The maximum atomic E-state index is 11.2. The molecule has 0 bridgehead atoms. The van der Waals surface area contributed by atoms with Crippen LogP contribution in [0.25, 0.3) is 10.9 Å². The van der Waals surface area contributed by atoms with Crippen LogP contribution in [-0.2, 0) is 16.3 Å². The first-order chi connectivity index (χ1) is 8.99. The topological polar surface area (TPSA) is 59.1 Å². The smallest absolute Gasteiger partial charge is 0.149 e. The van der Waals surface area contributed by atoms with Gasteiger partial charge in [-0.25, -0.2) is 8.42 Å². The largest absolute Gasteiger partial charge is 0.383 e. The van der Waals surface area contributed by atoms with Gasteiger partial charge in [-0.2, -0.15) is 0 Å². The van der Waals surface area contributed by atoms with Crippen LogP contribution in [0.3, 0.4) is 0 Å². The van der Waals surface area contributed by atoms with E-state index in [1.54, 1.807) is 0 Å². The van der Waals surface area contributed by atoms with Crippen LogP contribution >= 0.6 is 0 Å². The number of pyridine rings is 1. The van der Waals surface area contributed by atoms with Gasteiger partial charge < -0.3 is 5.32 Å². The molecule has 1 aromatic heterocycles. The predicted molar refractivity (Wildman–Crippen MR) is 79.3 cm³/mol. The van der Waals surface area contributed by atoms with Gasteiger partial charge >= 0.3 is 0 Å². The van der Waals surface area contributed by atoms with Gasteiger partial charge in [0, 0.05) is 29.6 Å². The standard InChI is InChI=1S/C14H18N2O2S/c1-3-11-10-14(15-8-9-19(2,17)18)12-6-4-5-7-13(12)16-11/h4-7,10H,3,8-9H2,1-2H3,(H,15,16). The van der Waals surface area contributed by atoms with Gasteiger partial charge in [0.25, 0.3) is 0 Å². The second-order valence-electron chi connectivity index (χ2n) is 4.59. The van der Waals surface area contributed by atoms with Crippen LogP contribution in [0.4, 0.5) is 5.69 Å². The zero-order chi connectivity index (χ0) is 13.9. The van der Waals surface area contributed by atoms with E-state index in [2.05, 4.69) is 17.2 Å². The summed E-state index contributed by atoms with van der Waals surface area (Å²) in [6, 6.07) is 9.86. The number of aryl methyl sites for hydroxylation is 1. The van der Waals surface area contributed by atoms with Crippen LogP contribution in [0.1, 0.15) is 12.6 Å². The summed E-state index contributed by atoms with van der Waals surface area (Å²) < 4.78 is 22.3. The second kappa shape index (κ2) is 5.57. The van der Waals surface area contributed by atoms with E-state index in [4.69, 9.17) is 0 Å². The Kier molecular flexibility index (Phi) is 4.04. The van der Waals surface area contributed by atoms with Gasteiger partial charge in [-0.05, 0) is 18.6 Å². The molecule has 0 unspecified atom stereocenters. The lowest BCUT2D eigenvalue weighted by molar-refractivity contribution is 0.602. The molecule has 4 nitrogen and oxygen atoms in total. The van der Waals surface area contributed by atoms with Gasteiger partial charge in [-0.1, -0.05) is 25.1 Å². The van der Waals surface area contributed by atoms with Crippen molar-refractivity contribution in [2.24, 2.45) is 0 Å². The summed E-state index contributed by atoms with van der Waals surface area (Å²) in [6.07, 6.45) is 2.10. The number of nitrogens with one attached hydrogen (secondary N) is 1. The van der Waals surface area contributed by atoms with Crippen molar-refractivity contribution in [2.45, 2.75) is 13.3 Å². The van der Waals surface area contributed by atoms with Crippen LogP contribution in [0, 0.1) is 0 Å². The highest BCUT2D eigenvalue weighted by molar-refractivity contribution is 7.90. The summed E-state index contributed by atoms with van der Waals surface area (Å²) in [7, 11) is -2.94. The third-order valence-electron chi connectivity index (χ3n) is 2.92. The number of anilines is 1. The molecule has 1 heterocycles. The molecule has 0 aliphatic carbocycles. The Balaban J connectivity index is 2.30. The molecule has 0 aliphatic rings. The molecule has 0 saturated carbocycles. The highest BCUT2D eigenvalue weighted by Crippen LogP contribution is 2.23. The first-order valence-electron chi connectivity index (χ1n) is 6.30. The molecular formula is C14H18N2O2S. The molecule has 5 heteroatoms. The second-order valence-corrected chi connectivity index (χ2v) is 6.85. The Morgan fingerprint density at radius 2 is 2.00 bits per heavy atom. The minimum atomic E-state index is -2.94. The van der Waals surface area contributed by atoms with Gasteiger partial charge in [0.2, 0.25) is 0 Å². The third kappa shape index (κ3) is 3.67. The van der Waals surface area contributed by atoms with Gasteiger partial charge in [-0.3, -0.25) is 4.98 Å². The molecule has 0 radical (unpaired) electrons. The Labute approximate surface area is 113 Å². The number of benzene rings is 1. The molecule has 1 N–H and O–H groups in total. The van der Waals surface area contributed by atoms with Crippen LogP contribution in [0.2, 0.25) is 0 Å². The Hall–Kier alpha value is -1.62. The lowest BCUT2D eigenvalue weighted by Gasteiger charge is -2.11. The van der Waals surface area contributed by atoms with E-state index >= 15 is 0 Å². The van der Waals surface area contributed by atoms with Crippen molar-refractivity contribution in [3.63, 3.8) is 0 Å². The summed E-state index contributed by atoms with van der Waals surface area (Å²) >= 11 is 0. The number of hydrogen-bond donors (Lipinski definition) is 1. The summed E-state index contributed by atoms with van der Waals surface area (Å²) in [5.41, 5.74) is 2.88. The summed E-state index contributed by atoms with van der Waals surface area (Å²) in [4.78, 5) is 4.55. The fourth-order valence-corrected chi connectivity index (χ4v) is 2.40. The first-order valence-corrected chi connectivity index (χ1v) is 8.36. The molecule has 0 aliphatic heterocycles. The molecule has 0 atom stereocenters. The van der Waals surface area contributed by atoms with Gasteiger partial charge in [-0.15, -0.1) is 0 Å². The van der Waals surface area contributed by atoms with Crippen molar-refractivity contribution in [1.82, 2.24) is 4.98 Å². The summed E-state index contributed by atoms with van der Waals surface area (Å²) in [5.74, 6) is 0.130. The van der Waals surface area contributed by atoms with Gasteiger partial charge in [0.1, 0.15) is 9.84 Å². The number of nitrogens with zero attached hydrogens (tertiary/aromatic N) is 1. The molecule has 19 heavy (non-hydrogen) atoms. The van der Waals surface area contributed by atoms with Crippen molar-refractivity contribution in [1.29, 1.82) is 0 Å². The van der Waals surface area contributed by atoms with E-state index in [9.17, 15) is 8.42 Å². The maximum absolute atomic E-state index is 11.2. The lowest BCUT2D eigenvalue weighted by Crippen LogP contribution is -2.14. The minimum absolute atomic E-state index is 0.130. The summed E-state index contributed by atoms with van der Waals surface area (Å²) in [5, 5.41) is 4.22. The number of rotatable bonds is 5. The zero-order valence-electron chi connectivity index (χ0n) is 11.2.